The van der Waals surface area contributed by atoms with Crippen molar-refractivity contribution in [2.24, 2.45) is 0 Å². The van der Waals surface area contributed by atoms with E-state index in [4.69, 9.17) is 0 Å². The van der Waals surface area contributed by atoms with Gasteiger partial charge in [-0.1, -0.05) is 37.5 Å². The fraction of sp³-hybridized carbons (Fsp3) is 0.632. The Hall–Kier alpha value is -1.44. The topological polar surface area (TPSA) is 62.1 Å². The number of benzene rings is 1. The second-order valence-corrected chi connectivity index (χ2v) is 9.23. The monoisotopic (exact) mass is 380 g/mol. The van der Waals surface area contributed by atoms with Crippen LogP contribution in [0.25, 0.3) is 0 Å². The molecule has 0 saturated carbocycles. The van der Waals surface area contributed by atoms with E-state index in [0.29, 0.717) is 37.6 Å². The minimum atomic E-state index is -3.42. The summed E-state index contributed by atoms with van der Waals surface area (Å²) in [6, 6.07) is 8.59. The Labute approximate surface area is 156 Å². The summed E-state index contributed by atoms with van der Waals surface area (Å²) in [4.78, 5) is 16.2. The summed E-state index contributed by atoms with van der Waals surface area (Å²) in [5, 5.41) is 0. The average molecular weight is 381 g/mol. The highest BCUT2D eigenvalue weighted by atomic mass is 32.2. The average Bonchev–Trinajstić information content (AvgIpc) is 2.62. The van der Waals surface area contributed by atoms with E-state index in [2.05, 4.69) is 0 Å². The molecule has 144 valence electrons. The molecule has 2 heterocycles. The van der Waals surface area contributed by atoms with Gasteiger partial charge in [0.1, 0.15) is 0 Å². The van der Waals surface area contributed by atoms with E-state index in [1.165, 1.54) is 24.2 Å². The first-order chi connectivity index (χ1) is 12.6. The van der Waals surface area contributed by atoms with Crippen molar-refractivity contribution in [3.05, 3.63) is 30.3 Å². The van der Waals surface area contributed by atoms with Crippen LogP contribution in [0.1, 0.15) is 32.1 Å². The summed E-state index contributed by atoms with van der Waals surface area (Å²) in [5.74, 6) is 0.223. The lowest BCUT2D eigenvalue weighted by Gasteiger charge is -2.32. The van der Waals surface area contributed by atoms with Crippen molar-refractivity contribution in [2.75, 3.05) is 45.8 Å². The molecule has 0 radical (unpaired) electrons. The minimum absolute atomic E-state index is 0.223. The maximum absolute atomic E-state index is 12.7. The van der Waals surface area contributed by atoms with Gasteiger partial charge in [0.05, 0.1) is 31.1 Å². The Bertz CT molecular complexity index is 677. The number of hydrogen-bond acceptors (Lipinski definition) is 3. The molecule has 2 aliphatic rings. The van der Waals surface area contributed by atoms with Crippen molar-refractivity contribution in [3.8, 4) is 0 Å². The lowest BCUT2D eigenvalue weighted by Crippen LogP contribution is -3.15. The number of carbonyl (C=O) groups is 1. The molecule has 0 atom stereocenters. The van der Waals surface area contributed by atoms with Crippen LogP contribution >= 0.6 is 0 Å². The summed E-state index contributed by atoms with van der Waals surface area (Å²) in [5.41, 5.74) is 0. The fourth-order valence-corrected chi connectivity index (χ4v) is 5.25. The zero-order valence-electron chi connectivity index (χ0n) is 15.4. The Morgan fingerprint density at radius 1 is 0.885 bits per heavy atom. The fourth-order valence-electron chi connectivity index (χ4n) is 3.78. The molecule has 1 N–H and O–H groups in total. The molecule has 2 aliphatic heterocycles. The summed E-state index contributed by atoms with van der Waals surface area (Å²) in [6.45, 7) is 4.55. The van der Waals surface area contributed by atoms with Gasteiger partial charge in [-0.3, -0.25) is 4.79 Å². The molecule has 2 saturated heterocycles. The molecule has 7 heteroatoms. The van der Waals surface area contributed by atoms with Gasteiger partial charge in [0, 0.05) is 13.1 Å². The molecule has 1 aromatic carbocycles. The van der Waals surface area contributed by atoms with Crippen molar-refractivity contribution in [3.63, 3.8) is 0 Å². The summed E-state index contributed by atoms with van der Waals surface area (Å²) < 4.78 is 26.9. The molecule has 0 spiro atoms. The van der Waals surface area contributed by atoms with Crippen LogP contribution in [-0.2, 0) is 14.8 Å². The van der Waals surface area contributed by atoms with Crippen LogP contribution in [0, 0.1) is 0 Å². The second kappa shape index (κ2) is 8.97. The predicted octanol–water partition coefficient (Wildman–Crippen LogP) is 0.369. The number of carbonyl (C=O) groups excluding carboxylic acids is 1. The first-order valence-corrected chi connectivity index (χ1v) is 11.2. The molecule has 1 amide bonds. The highest BCUT2D eigenvalue weighted by Crippen LogP contribution is 2.15. The lowest BCUT2D eigenvalue weighted by molar-refractivity contribution is -0.896. The van der Waals surface area contributed by atoms with Crippen molar-refractivity contribution in [1.29, 1.82) is 0 Å². The summed E-state index contributed by atoms with van der Waals surface area (Å²) in [7, 11) is -3.42. The van der Waals surface area contributed by atoms with Gasteiger partial charge in [-0.25, -0.2) is 8.42 Å². The molecular formula is C19H30N3O3S+. The summed E-state index contributed by atoms with van der Waals surface area (Å²) >= 11 is 0. The van der Waals surface area contributed by atoms with Crippen molar-refractivity contribution in [2.45, 2.75) is 37.0 Å². The standard InChI is InChI=1S/C19H29N3O3S/c23-19(21-11-7-2-1-3-8-12-21)17-20-13-15-22(16-14-20)26(24,25)18-9-5-4-6-10-18/h4-6,9-10H,1-3,7-8,11-17H2/p+1. The van der Waals surface area contributed by atoms with Crippen LogP contribution < -0.4 is 4.90 Å². The Morgan fingerprint density at radius 2 is 1.46 bits per heavy atom. The number of nitrogens with zero attached hydrogens (tertiary/aromatic N) is 2. The Balaban J connectivity index is 1.51. The molecular weight excluding hydrogens is 350 g/mol. The smallest absolute Gasteiger partial charge is 0.277 e. The number of likely N-dealkylation sites (tertiary alicyclic amines) is 1. The highest BCUT2D eigenvalue weighted by Gasteiger charge is 2.31. The van der Waals surface area contributed by atoms with Gasteiger partial charge in [-0.2, -0.15) is 4.31 Å². The van der Waals surface area contributed by atoms with Crippen LogP contribution in [0.3, 0.4) is 0 Å². The van der Waals surface area contributed by atoms with E-state index in [1.807, 2.05) is 11.0 Å². The van der Waals surface area contributed by atoms with Gasteiger partial charge in [0.2, 0.25) is 10.0 Å². The van der Waals surface area contributed by atoms with Gasteiger partial charge in [0.15, 0.2) is 6.54 Å². The quantitative estimate of drug-likeness (QED) is 0.821. The van der Waals surface area contributed by atoms with E-state index in [-0.39, 0.29) is 5.91 Å². The number of amides is 1. The summed E-state index contributed by atoms with van der Waals surface area (Å²) in [6.07, 6.45) is 5.92. The number of piperazine rings is 1. The number of hydrogen-bond donors (Lipinski definition) is 1. The predicted molar refractivity (Wildman–Crippen MR) is 100 cm³/mol. The highest BCUT2D eigenvalue weighted by molar-refractivity contribution is 7.89. The van der Waals surface area contributed by atoms with E-state index in [0.717, 1.165) is 25.9 Å². The third-order valence-corrected chi connectivity index (χ3v) is 7.33. The molecule has 0 aromatic heterocycles. The number of nitrogens with one attached hydrogen (secondary N) is 1. The number of sulfonamides is 1. The molecule has 1 aromatic rings. The second-order valence-electron chi connectivity index (χ2n) is 7.29. The SMILES string of the molecule is O=C(C[NH+]1CCN(S(=O)(=O)c2ccccc2)CC1)N1CCCCCCC1. The van der Waals surface area contributed by atoms with Crippen molar-refractivity contribution < 1.29 is 18.1 Å². The zero-order valence-corrected chi connectivity index (χ0v) is 16.2. The van der Waals surface area contributed by atoms with Crippen LogP contribution in [0.4, 0.5) is 0 Å². The normalized spacial score (nSPS) is 21.2. The van der Waals surface area contributed by atoms with Gasteiger partial charge < -0.3 is 9.80 Å². The Morgan fingerprint density at radius 3 is 2.08 bits per heavy atom. The van der Waals surface area contributed by atoms with E-state index in [9.17, 15) is 13.2 Å². The number of rotatable bonds is 4. The van der Waals surface area contributed by atoms with Gasteiger partial charge in [-0.15, -0.1) is 0 Å². The third-order valence-electron chi connectivity index (χ3n) is 5.42. The Kier molecular flexibility index (Phi) is 6.67. The molecule has 2 fully saturated rings. The van der Waals surface area contributed by atoms with E-state index >= 15 is 0 Å². The molecule has 0 unspecified atom stereocenters. The van der Waals surface area contributed by atoms with Crippen LogP contribution in [0.5, 0.6) is 0 Å². The third kappa shape index (κ3) is 4.84. The number of quaternary nitrogens is 1. The van der Waals surface area contributed by atoms with Crippen molar-refractivity contribution in [1.82, 2.24) is 9.21 Å². The molecule has 26 heavy (non-hydrogen) atoms. The van der Waals surface area contributed by atoms with Gasteiger partial charge in [-0.05, 0) is 25.0 Å². The maximum Gasteiger partial charge on any atom is 0.277 e. The zero-order chi connectivity index (χ0) is 18.4. The minimum Gasteiger partial charge on any atom is -0.338 e. The van der Waals surface area contributed by atoms with E-state index < -0.39 is 10.0 Å². The van der Waals surface area contributed by atoms with Gasteiger partial charge in [0.25, 0.3) is 5.91 Å². The van der Waals surface area contributed by atoms with Crippen LogP contribution in [-0.4, -0.2) is 69.3 Å². The van der Waals surface area contributed by atoms with Crippen molar-refractivity contribution >= 4 is 15.9 Å². The molecule has 6 nitrogen and oxygen atoms in total. The van der Waals surface area contributed by atoms with Crippen LogP contribution in [0.2, 0.25) is 0 Å². The van der Waals surface area contributed by atoms with Crippen LogP contribution in [0.15, 0.2) is 35.2 Å². The lowest BCUT2D eigenvalue weighted by atomic mass is 10.1. The van der Waals surface area contributed by atoms with Gasteiger partial charge >= 0.3 is 0 Å². The van der Waals surface area contributed by atoms with E-state index in [1.54, 1.807) is 28.6 Å². The largest absolute Gasteiger partial charge is 0.338 e. The maximum atomic E-state index is 12.7. The molecule has 0 bridgehead atoms. The first kappa shape index (κ1) is 19.3. The first-order valence-electron chi connectivity index (χ1n) is 9.74. The molecule has 0 aliphatic carbocycles. The molecule has 3 rings (SSSR count).